The highest BCUT2D eigenvalue weighted by molar-refractivity contribution is 7.91. The van der Waals surface area contributed by atoms with Crippen molar-refractivity contribution < 1.29 is 26.0 Å². The van der Waals surface area contributed by atoms with Crippen molar-refractivity contribution in [3.63, 3.8) is 0 Å². The molecule has 1 saturated heterocycles. The second kappa shape index (κ2) is 8.16. The molecule has 10 heteroatoms. The van der Waals surface area contributed by atoms with Crippen LogP contribution in [0.4, 0.5) is 0 Å². The summed E-state index contributed by atoms with van der Waals surface area (Å²) in [4.78, 5) is 13.9. The standard InChI is InChI=1S/C20H26N2O6S2/c1-13-8-14(2)16(4)20(15(13)3)30(26,27)21-9-19(23)22-10-18(11-22)29(24,25)12-17-6-5-7-28-17/h5-8,18,21H,9-12H2,1-4H3. The Hall–Kier alpha value is -2.17. The van der Waals surface area contributed by atoms with Crippen LogP contribution in [0, 0.1) is 27.7 Å². The molecule has 8 nitrogen and oxygen atoms in total. The molecule has 2 aromatic rings. The Morgan fingerprint density at radius 1 is 1.10 bits per heavy atom. The van der Waals surface area contributed by atoms with Crippen molar-refractivity contribution in [3.05, 3.63) is 52.5 Å². The van der Waals surface area contributed by atoms with E-state index in [0.717, 1.165) is 11.1 Å². The molecule has 1 N–H and O–H groups in total. The molecule has 1 aliphatic rings. The average Bonchev–Trinajstić information content (AvgIpc) is 3.09. The van der Waals surface area contributed by atoms with E-state index < -0.39 is 37.6 Å². The summed E-state index contributed by atoms with van der Waals surface area (Å²) in [7, 11) is -7.33. The van der Waals surface area contributed by atoms with Crippen LogP contribution in [0.25, 0.3) is 0 Å². The summed E-state index contributed by atoms with van der Waals surface area (Å²) in [6, 6.07) is 5.13. The number of hydrogen-bond acceptors (Lipinski definition) is 6. The Morgan fingerprint density at radius 3 is 2.23 bits per heavy atom. The summed E-state index contributed by atoms with van der Waals surface area (Å²) in [6.07, 6.45) is 1.41. The van der Waals surface area contributed by atoms with Crippen molar-refractivity contribution in [1.29, 1.82) is 0 Å². The van der Waals surface area contributed by atoms with Gasteiger partial charge in [0, 0.05) is 13.1 Å². The summed E-state index contributed by atoms with van der Waals surface area (Å²) >= 11 is 0. The summed E-state index contributed by atoms with van der Waals surface area (Å²) in [5.41, 5.74) is 3.01. The van der Waals surface area contributed by atoms with Gasteiger partial charge in [-0.15, -0.1) is 0 Å². The lowest BCUT2D eigenvalue weighted by molar-refractivity contribution is -0.133. The fourth-order valence-corrected chi connectivity index (χ4v) is 6.70. The summed E-state index contributed by atoms with van der Waals surface area (Å²) in [6.45, 7) is 6.84. The lowest BCUT2D eigenvalue weighted by atomic mass is 10.0. The number of hydrogen-bond donors (Lipinski definition) is 1. The van der Waals surface area contributed by atoms with Crippen LogP contribution in [0.15, 0.2) is 33.8 Å². The van der Waals surface area contributed by atoms with Crippen LogP contribution in [-0.2, 0) is 30.4 Å². The molecular weight excluding hydrogens is 428 g/mol. The van der Waals surface area contributed by atoms with Gasteiger partial charge < -0.3 is 9.32 Å². The zero-order valence-electron chi connectivity index (χ0n) is 17.4. The number of sulfone groups is 1. The zero-order chi connectivity index (χ0) is 22.3. The molecule has 1 aromatic carbocycles. The second-order valence-electron chi connectivity index (χ2n) is 7.72. The zero-order valence-corrected chi connectivity index (χ0v) is 19.1. The number of nitrogens with zero attached hydrogens (tertiary/aromatic N) is 1. The number of carbonyl (C=O) groups excluding carboxylic acids is 1. The van der Waals surface area contributed by atoms with Crippen molar-refractivity contribution in [2.45, 2.75) is 43.6 Å². The van der Waals surface area contributed by atoms with E-state index in [9.17, 15) is 21.6 Å². The van der Waals surface area contributed by atoms with Gasteiger partial charge in [0.1, 0.15) is 11.5 Å². The maximum atomic E-state index is 12.8. The SMILES string of the molecule is Cc1cc(C)c(C)c(S(=O)(=O)NCC(=O)N2CC(S(=O)(=O)Cc3ccco3)C2)c1C. The Morgan fingerprint density at radius 2 is 1.70 bits per heavy atom. The van der Waals surface area contributed by atoms with Crippen LogP contribution in [-0.4, -0.2) is 52.5 Å². The number of aryl methyl sites for hydroxylation is 2. The summed E-state index contributed by atoms with van der Waals surface area (Å²) in [5, 5.41) is -0.674. The number of carbonyl (C=O) groups is 1. The largest absolute Gasteiger partial charge is 0.468 e. The molecule has 164 valence electrons. The van der Waals surface area contributed by atoms with E-state index in [1.807, 2.05) is 19.9 Å². The summed E-state index contributed by atoms with van der Waals surface area (Å²) in [5.74, 6) is -0.320. The van der Waals surface area contributed by atoms with Gasteiger partial charge in [-0.25, -0.2) is 21.6 Å². The van der Waals surface area contributed by atoms with Crippen LogP contribution in [0.2, 0.25) is 0 Å². The van der Waals surface area contributed by atoms with E-state index >= 15 is 0 Å². The number of furan rings is 1. The van der Waals surface area contributed by atoms with E-state index in [0.29, 0.717) is 16.9 Å². The smallest absolute Gasteiger partial charge is 0.241 e. The molecule has 1 aliphatic heterocycles. The third kappa shape index (κ3) is 4.45. The molecule has 0 aliphatic carbocycles. The Kier molecular flexibility index (Phi) is 6.13. The molecule has 0 unspecified atom stereocenters. The molecule has 0 radical (unpaired) electrons. The highest BCUT2D eigenvalue weighted by Gasteiger charge is 2.40. The molecule has 1 amide bonds. The van der Waals surface area contributed by atoms with Gasteiger partial charge >= 0.3 is 0 Å². The first-order valence-electron chi connectivity index (χ1n) is 9.51. The molecule has 1 fully saturated rings. The van der Waals surface area contributed by atoms with Crippen molar-refractivity contribution in [1.82, 2.24) is 9.62 Å². The highest BCUT2D eigenvalue weighted by Crippen LogP contribution is 2.26. The van der Waals surface area contributed by atoms with Crippen molar-refractivity contribution >= 4 is 25.8 Å². The number of rotatable bonds is 7. The number of nitrogens with one attached hydrogen (secondary N) is 1. The molecule has 0 spiro atoms. The first-order valence-corrected chi connectivity index (χ1v) is 12.7. The normalized spacial score (nSPS) is 15.3. The van der Waals surface area contributed by atoms with Gasteiger partial charge in [0.15, 0.2) is 9.84 Å². The minimum absolute atomic E-state index is 0.0468. The lowest BCUT2D eigenvalue weighted by Crippen LogP contribution is -2.58. The lowest BCUT2D eigenvalue weighted by Gasteiger charge is -2.38. The van der Waals surface area contributed by atoms with Crippen LogP contribution in [0.1, 0.15) is 28.0 Å². The monoisotopic (exact) mass is 454 g/mol. The fraction of sp³-hybridized carbons (Fsp3) is 0.450. The van der Waals surface area contributed by atoms with Gasteiger partial charge in [0.25, 0.3) is 0 Å². The molecular formula is C20H26N2O6S2. The Bertz CT molecular complexity index is 1140. The third-order valence-corrected chi connectivity index (χ3v) is 9.29. The van der Waals surface area contributed by atoms with Crippen molar-refractivity contribution in [3.8, 4) is 0 Å². The van der Waals surface area contributed by atoms with Gasteiger partial charge in [-0.3, -0.25) is 4.79 Å². The maximum absolute atomic E-state index is 12.8. The first kappa shape index (κ1) is 22.5. The van der Waals surface area contributed by atoms with Crippen molar-refractivity contribution in [2.24, 2.45) is 0 Å². The number of likely N-dealkylation sites (tertiary alicyclic amines) is 1. The van der Waals surface area contributed by atoms with E-state index in [-0.39, 0.29) is 23.7 Å². The van der Waals surface area contributed by atoms with E-state index in [1.165, 1.54) is 11.2 Å². The number of sulfonamides is 1. The molecule has 0 bridgehead atoms. The molecule has 0 saturated carbocycles. The molecule has 2 heterocycles. The van der Waals surface area contributed by atoms with Crippen LogP contribution in [0.5, 0.6) is 0 Å². The van der Waals surface area contributed by atoms with Crippen LogP contribution in [0.3, 0.4) is 0 Å². The predicted molar refractivity (Wildman–Crippen MR) is 112 cm³/mol. The number of amides is 1. The molecule has 1 aromatic heterocycles. The van der Waals surface area contributed by atoms with Crippen molar-refractivity contribution in [2.75, 3.05) is 19.6 Å². The Balaban J connectivity index is 1.61. The average molecular weight is 455 g/mol. The maximum Gasteiger partial charge on any atom is 0.241 e. The van der Waals surface area contributed by atoms with Crippen LogP contribution >= 0.6 is 0 Å². The fourth-order valence-electron chi connectivity index (χ4n) is 3.50. The van der Waals surface area contributed by atoms with E-state index in [1.54, 1.807) is 26.0 Å². The highest BCUT2D eigenvalue weighted by atomic mass is 32.2. The molecule has 30 heavy (non-hydrogen) atoms. The van der Waals surface area contributed by atoms with Crippen LogP contribution < -0.4 is 4.72 Å². The minimum Gasteiger partial charge on any atom is -0.468 e. The van der Waals surface area contributed by atoms with E-state index in [2.05, 4.69) is 4.72 Å². The van der Waals surface area contributed by atoms with Gasteiger partial charge in [0.2, 0.25) is 15.9 Å². The van der Waals surface area contributed by atoms with E-state index in [4.69, 9.17) is 4.42 Å². The predicted octanol–water partition coefficient (Wildman–Crippen LogP) is 1.62. The first-order chi connectivity index (χ1) is 13.9. The quantitative estimate of drug-likeness (QED) is 0.680. The minimum atomic E-state index is -3.88. The number of benzene rings is 1. The topological polar surface area (TPSA) is 114 Å². The van der Waals surface area contributed by atoms with Gasteiger partial charge in [-0.2, -0.15) is 0 Å². The van der Waals surface area contributed by atoms with Gasteiger partial charge in [-0.05, 0) is 62.1 Å². The molecule has 0 atom stereocenters. The second-order valence-corrected chi connectivity index (χ2v) is 11.7. The Labute approximate surface area is 177 Å². The van der Waals surface area contributed by atoms with Gasteiger partial charge in [-0.1, -0.05) is 6.07 Å². The summed E-state index contributed by atoms with van der Waals surface area (Å²) < 4.78 is 57.9. The third-order valence-electron chi connectivity index (χ3n) is 5.61. The molecule has 3 rings (SSSR count). The van der Waals surface area contributed by atoms with Gasteiger partial charge in [0.05, 0.1) is 23.0 Å².